The molecule has 138 valence electrons. The van der Waals surface area contributed by atoms with Crippen LogP contribution in [-0.2, 0) is 4.79 Å². The lowest BCUT2D eigenvalue weighted by molar-refractivity contribution is -0.154. The number of rotatable bonds is 5. The Hall–Kier alpha value is -2.65. The van der Waals surface area contributed by atoms with E-state index in [1.54, 1.807) is 0 Å². The number of nitrogens with one attached hydrogen (secondary N) is 3. The van der Waals surface area contributed by atoms with Crippen LogP contribution in [0.15, 0.2) is 48.7 Å². The van der Waals surface area contributed by atoms with Crippen molar-refractivity contribution in [2.24, 2.45) is 5.92 Å². The number of ether oxygens (including phenoxy) is 1. The number of alkyl halides is 3. The maximum absolute atomic E-state index is 12.5. The maximum Gasteiger partial charge on any atom is 0.422 e. The second-order valence-corrected chi connectivity index (χ2v) is 5.80. The van der Waals surface area contributed by atoms with Crippen LogP contribution in [0.5, 0.6) is 5.88 Å². The lowest BCUT2D eigenvalue weighted by Gasteiger charge is -2.18. The molecule has 6 nitrogen and oxygen atoms in total. The lowest BCUT2D eigenvalue weighted by Crippen LogP contribution is -2.29. The van der Waals surface area contributed by atoms with Gasteiger partial charge in [-0.1, -0.05) is 30.3 Å². The largest absolute Gasteiger partial charge is 0.468 e. The monoisotopic (exact) mass is 366 g/mol. The summed E-state index contributed by atoms with van der Waals surface area (Å²) >= 11 is 0. The van der Waals surface area contributed by atoms with Crippen LogP contribution < -0.4 is 20.9 Å². The molecule has 0 saturated carbocycles. The number of hydrazine groups is 1. The molecule has 1 amide bonds. The van der Waals surface area contributed by atoms with Crippen molar-refractivity contribution in [3.05, 3.63) is 54.2 Å². The van der Waals surface area contributed by atoms with Crippen LogP contribution in [0.3, 0.4) is 0 Å². The Labute approximate surface area is 147 Å². The molecule has 2 unspecified atom stereocenters. The molecular formula is C17H17F3N4O2. The first-order chi connectivity index (χ1) is 12.4. The fourth-order valence-corrected chi connectivity index (χ4v) is 2.65. The number of anilines is 1. The van der Waals surface area contributed by atoms with Crippen molar-refractivity contribution >= 4 is 11.6 Å². The zero-order chi connectivity index (χ0) is 18.6. The Morgan fingerprint density at radius 3 is 2.65 bits per heavy atom. The molecule has 1 aromatic heterocycles. The van der Waals surface area contributed by atoms with E-state index >= 15 is 0 Å². The molecule has 2 heterocycles. The fourth-order valence-electron chi connectivity index (χ4n) is 2.65. The number of halogens is 3. The standard InChI is InChI=1S/C17H17F3N4O2/c18-17(19,20)10-26-14-7-6-12(8-21-14)23-16(25)13-9-22-24-15(13)11-4-2-1-3-5-11/h1-8,13,15,22,24H,9-10H2,(H,23,25). The average Bonchev–Trinajstić information content (AvgIpc) is 3.11. The fraction of sp³-hybridized carbons (Fsp3) is 0.294. The average molecular weight is 366 g/mol. The summed E-state index contributed by atoms with van der Waals surface area (Å²) in [6.07, 6.45) is -3.17. The molecular weight excluding hydrogens is 349 g/mol. The summed E-state index contributed by atoms with van der Waals surface area (Å²) < 4.78 is 40.9. The van der Waals surface area contributed by atoms with Crippen molar-refractivity contribution in [3.63, 3.8) is 0 Å². The third kappa shape index (κ3) is 4.70. The van der Waals surface area contributed by atoms with Gasteiger partial charge in [-0.3, -0.25) is 10.2 Å². The van der Waals surface area contributed by atoms with Gasteiger partial charge in [0.25, 0.3) is 0 Å². The highest BCUT2D eigenvalue weighted by Crippen LogP contribution is 2.26. The number of hydrogen-bond acceptors (Lipinski definition) is 5. The minimum absolute atomic E-state index is 0.160. The number of carbonyl (C=O) groups excluding carboxylic acids is 1. The molecule has 26 heavy (non-hydrogen) atoms. The first-order valence-electron chi connectivity index (χ1n) is 7.92. The van der Waals surface area contributed by atoms with Gasteiger partial charge in [0.15, 0.2) is 6.61 Å². The predicted octanol–water partition coefficient (Wildman–Crippen LogP) is 2.43. The SMILES string of the molecule is O=C(Nc1ccc(OCC(F)(F)F)nc1)C1CNNC1c1ccccc1. The van der Waals surface area contributed by atoms with Gasteiger partial charge in [-0.2, -0.15) is 13.2 Å². The van der Waals surface area contributed by atoms with Crippen LogP contribution in [0.1, 0.15) is 11.6 Å². The Morgan fingerprint density at radius 2 is 2.00 bits per heavy atom. The van der Waals surface area contributed by atoms with Gasteiger partial charge in [-0.25, -0.2) is 10.4 Å². The molecule has 1 aliphatic rings. The van der Waals surface area contributed by atoms with E-state index < -0.39 is 12.8 Å². The zero-order valence-corrected chi connectivity index (χ0v) is 13.6. The van der Waals surface area contributed by atoms with E-state index in [1.807, 2.05) is 30.3 Å². The molecule has 2 atom stereocenters. The first-order valence-corrected chi connectivity index (χ1v) is 7.92. The van der Waals surface area contributed by atoms with Gasteiger partial charge in [0.2, 0.25) is 11.8 Å². The summed E-state index contributed by atoms with van der Waals surface area (Å²) in [5.74, 6) is -0.729. The summed E-state index contributed by atoms with van der Waals surface area (Å²) in [6, 6.07) is 12.1. The van der Waals surface area contributed by atoms with Crippen molar-refractivity contribution in [2.45, 2.75) is 12.2 Å². The summed E-state index contributed by atoms with van der Waals surface area (Å²) in [4.78, 5) is 16.3. The molecule has 0 spiro atoms. The van der Waals surface area contributed by atoms with Crippen LogP contribution in [0.25, 0.3) is 0 Å². The van der Waals surface area contributed by atoms with Crippen molar-refractivity contribution in [3.8, 4) is 5.88 Å². The molecule has 3 rings (SSSR count). The second kappa shape index (κ2) is 7.71. The molecule has 1 aromatic carbocycles. The van der Waals surface area contributed by atoms with E-state index in [4.69, 9.17) is 0 Å². The first kappa shape index (κ1) is 18.2. The topological polar surface area (TPSA) is 75.3 Å². The molecule has 0 aliphatic carbocycles. The third-order valence-corrected chi connectivity index (χ3v) is 3.86. The van der Waals surface area contributed by atoms with Crippen LogP contribution >= 0.6 is 0 Å². The van der Waals surface area contributed by atoms with E-state index in [2.05, 4.69) is 25.9 Å². The third-order valence-electron chi connectivity index (χ3n) is 3.86. The number of carbonyl (C=O) groups is 1. The minimum Gasteiger partial charge on any atom is -0.468 e. The highest BCUT2D eigenvalue weighted by molar-refractivity contribution is 5.93. The van der Waals surface area contributed by atoms with E-state index in [-0.39, 0.29) is 23.7 Å². The number of pyridine rings is 1. The minimum atomic E-state index is -4.43. The Balaban J connectivity index is 1.60. The summed E-state index contributed by atoms with van der Waals surface area (Å²) in [5, 5.41) is 2.72. The molecule has 0 radical (unpaired) electrons. The summed E-state index contributed by atoms with van der Waals surface area (Å²) in [6.45, 7) is -0.963. The molecule has 1 saturated heterocycles. The number of benzene rings is 1. The quantitative estimate of drug-likeness (QED) is 0.758. The van der Waals surface area contributed by atoms with Gasteiger partial charge >= 0.3 is 6.18 Å². The Morgan fingerprint density at radius 1 is 1.23 bits per heavy atom. The lowest BCUT2D eigenvalue weighted by atomic mass is 9.94. The van der Waals surface area contributed by atoms with Crippen molar-refractivity contribution in [2.75, 3.05) is 18.5 Å². The van der Waals surface area contributed by atoms with Crippen LogP contribution in [0, 0.1) is 5.92 Å². The maximum atomic E-state index is 12.5. The highest BCUT2D eigenvalue weighted by atomic mass is 19.4. The smallest absolute Gasteiger partial charge is 0.422 e. The Bertz CT molecular complexity index is 738. The van der Waals surface area contributed by atoms with E-state index in [9.17, 15) is 18.0 Å². The Kier molecular flexibility index (Phi) is 5.38. The summed E-state index contributed by atoms with van der Waals surface area (Å²) in [7, 11) is 0. The van der Waals surface area contributed by atoms with Crippen molar-refractivity contribution in [1.82, 2.24) is 15.8 Å². The van der Waals surface area contributed by atoms with Crippen molar-refractivity contribution in [1.29, 1.82) is 0 Å². The van der Waals surface area contributed by atoms with Gasteiger partial charge in [0.1, 0.15) is 0 Å². The van der Waals surface area contributed by atoms with Crippen LogP contribution in [-0.4, -0.2) is 30.2 Å². The highest BCUT2D eigenvalue weighted by Gasteiger charge is 2.34. The number of aromatic nitrogens is 1. The van der Waals surface area contributed by atoms with Gasteiger partial charge in [-0.05, 0) is 11.6 Å². The van der Waals surface area contributed by atoms with Gasteiger partial charge < -0.3 is 10.1 Å². The summed E-state index contributed by atoms with van der Waals surface area (Å²) in [5.41, 5.74) is 7.41. The van der Waals surface area contributed by atoms with E-state index in [0.29, 0.717) is 12.2 Å². The number of nitrogens with zero attached hydrogens (tertiary/aromatic N) is 1. The number of amides is 1. The van der Waals surface area contributed by atoms with Gasteiger partial charge in [0, 0.05) is 12.6 Å². The second-order valence-electron chi connectivity index (χ2n) is 5.80. The predicted molar refractivity (Wildman–Crippen MR) is 88.2 cm³/mol. The van der Waals surface area contributed by atoms with Crippen molar-refractivity contribution < 1.29 is 22.7 Å². The molecule has 1 fully saturated rings. The van der Waals surface area contributed by atoms with Crippen LogP contribution in [0.2, 0.25) is 0 Å². The van der Waals surface area contributed by atoms with E-state index in [1.165, 1.54) is 18.3 Å². The molecule has 3 N–H and O–H groups in total. The number of hydrogen-bond donors (Lipinski definition) is 3. The van der Waals surface area contributed by atoms with Gasteiger partial charge in [-0.15, -0.1) is 0 Å². The molecule has 1 aliphatic heterocycles. The normalized spacial score (nSPS) is 20.0. The zero-order valence-electron chi connectivity index (χ0n) is 13.6. The molecule has 2 aromatic rings. The van der Waals surface area contributed by atoms with E-state index in [0.717, 1.165) is 5.56 Å². The molecule has 0 bridgehead atoms. The van der Waals surface area contributed by atoms with Gasteiger partial charge in [0.05, 0.1) is 23.8 Å². The molecule has 9 heteroatoms. The van der Waals surface area contributed by atoms with Crippen LogP contribution in [0.4, 0.5) is 18.9 Å².